The molecule has 0 amide bonds. The number of nitro groups is 1. The standard InChI is InChI=1S/C16H14FN3O3/c1-2-7-18-13-5-4-11(20(21)22)9-12(13)16-19-14-8-10(17)3-6-15(14)23-16/h3-6,8-9,18H,2,7H2,1H3. The molecule has 1 N–H and O–H groups in total. The molecule has 1 heterocycles. The van der Waals surface area contributed by atoms with Crippen LogP contribution in [-0.2, 0) is 0 Å². The Hall–Kier alpha value is -2.96. The number of non-ortho nitro benzene ring substituents is 1. The highest BCUT2D eigenvalue weighted by Gasteiger charge is 2.17. The molecule has 118 valence electrons. The number of rotatable bonds is 5. The molecule has 6 nitrogen and oxygen atoms in total. The van der Waals surface area contributed by atoms with E-state index < -0.39 is 10.7 Å². The maximum absolute atomic E-state index is 13.3. The van der Waals surface area contributed by atoms with Crippen LogP contribution in [0.15, 0.2) is 40.8 Å². The molecule has 3 aromatic rings. The lowest BCUT2D eigenvalue weighted by molar-refractivity contribution is -0.384. The summed E-state index contributed by atoms with van der Waals surface area (Å²) < 4.78 is 18.9. The first-order valence-corrected chi connectivity index (χ1v) is 7.17. The Bertz CT molecular complexity index is 876. The first kappa shape index (κ1) is 15.0. The third kappa shape index (κ3) is 2.98. The number of fused-ring (bicyclic) bond motifs is 1. The number of halogens is 1. The maximum Gasteiger partial charge on any atom is 0.270 e. The third-order valence-electron chi connectivity index (χ3n) is 3.36. The molecule has 0 saturated carbocycles. The first-order valence-electron chi connectivity index (χ1n) is 7.17. The first-order chi connectivity index (χ1) is 11.1. The maximum atomic E-state index is 13.3. The smallest absolute Gasteiger partial charge is 0.270 e. The van der Waals surface area contributed by atoms with Crippen LogP contribution in [0.2, 0.25) is 0 Å². The van der Waals surface area contributed by atoms with Gasteiger partial charge >= 0.3 is 0 Å². The summed E-state index contributed by atoms with van der Waals surface area (Å²) in [7, 11) is 0. The van der Waals surface area contributed by atoms with E-state index in [1.54, 1.807) is 6.07 Å². The van der Waals surface area contributed by atoms with Crippen molar-refractivity contribution in [3.63, 3.8) is 0 Å². The van der Waals surface area contributed by atoms with Crippen molar-refractivity contribution in [2.75, 3.05) is 11.9 Å². The fourth-order valence-corrected chi connectivity index (χ4v) is 2.25. The summed E-state index contributed by atoms with van der Waals surface area (Å²) in [5.74, 6) is -0.200. The second-order valence-corrected chi connectivity index (χ2v) is 5.04. The van der Waals surface area contributed by atoms with E-state index >= 15 is 0 Å². The second-order valence-electron chi connectivity index (χ2n) is 5.04. The summed E-state index contributed by atoms with van der Waals surface area (Å²) in [5.41, 5.74) is 1.89. The number of hydrogen-bond donors (Lipinski definition) is 1. The lowest BCUT2D eigenvalue weighted by Gasteiger charge is -2.08. The van der Waals surface area contributed by atoms with Crippen LogP contribution in [0.3, 0.4) is 0 Å². The number of aromatic nitrogens is 1. The zero-order valence-electron chi connectivity index (χ0n) is 12.4. The van der Waals surface area contributed by atoms with Gasteiger partial charge in [-0.2, -0.15) is 0 Å². The summed E-state index contributed by atoms with van der Waals surface area (Å²) in [6, 6.07) is 8.47. The fraction of sp³-hybridized carbons (Fsp3) is 0.188. The number of hydrogen-bond acceptors (Lipinski definition) is 5. The van der Waals surface area contributed by atoms with Crippen molar-refractivity contribution in [3.8, 4) is 11.5 Å². The summed E-state index contributed by atoms with van der Waals surface area (Å²) in [4.78, 5) is 14.8. The molecule has 0 radical (unpaired) electrons. The normalized spacial score (nSPS) is 10.9. The van der Waals surface area contributed by atoms with Crippen molar-refractivity contribution in [3.05, 3.63) is 52.3 Å². The molecule has 0 fully saturated rings. The predicted octanol–water partition coefficient (Wildman–Crippen LogP) is 4.36. The highest BCUT2D eigenvalue weighted by atomic mass is 19.1. The van der Waals surface area contributed by atoms with Crippen molar-refractivity contribution in [2.24, 2.45) is 0 Å². The highest BCUT2D eigenvalue weighted by Crippen LogP contribution is 2.33. The van der Waals surface area contributed by atoms with Crippen LogP contribution in [0.4, 0.5) is 15.8 Å². The fourth-order valence-electron chi connectivity index (χ4n) is 2.25. The van der Waals surface area contributed by atoms with Gasteiger partial charge in [0.1, 0.15) is 11.3 Å². The number of nitrogens with one attached hydrogen (secondary N) is 1. The Morgan fingerprint density at radius 3 is 2.87 bits per heavy atom. The van der Waals surface area contributed by atoms with E-state index in [1.807, 2.05) is 6.92 Å². The van der Waals surface area contributed by atoms with Gasteiger partial charge in [0.2, 0.25) is 5.89 Å². The third-order valence-corrected chi connectivity index (χ3v) is 3.36. The molecule has 0 saturated heterocycles. The van der Waals surface area contributed by atoms with Gasteiger partial charge in [-0.15, -0.1) is 0 Å². The molecule has 3 rings (SSSR count). The molecule has 0 aliphatic rings. The lowest BCUT2D eigenvalue weighted by atomic mass is 10.1. The van der Waals surface area contributed by atoms with Crippen molar-refractivity contribution in [1.29, 1.82) is 0 Å². The summed E-state index contributed by atoms with van der Waals surface area (Å²) >= 11 is 0. The molecule has 23 heavy (non-hydrogen) atoms. The molecule has 0 spiro atoms. The predicted molar refractivity (Wildman–Crippen MR) is 84.8 cm³/mol. The molecule has 7 heteroatoms. The molecule has 0 bridgehead atoms. The van der Waals surface area contributed by atoms with Crippen molar-refractivity contribution < 1.29 is 13.7 Å². The van der Waals surface area contributed by atoms with Crippen LogP contribution < -0.4 is 5.32 Å². The van der Waals surface area contributed by atoms with E-state index in [2.05, 4.69) is 10.3 Å². The number of nitrogens with zero attached hydrogens (tertiary/aromatic N) is 2. The average Bonchev–Trinajstić information content (AvgIpc) is 2.95. The van der Waals surface area contributed by atoms with Gasteiger partial charge < -0.3 is 9.73 Å². The van der Waals surface area contributed by atoms with Crippen molar-refractivity contribution >= 4 is 22.5 Å². The molecule has 1 aromatic heterocycles. The van der Waals surface area contributed by atoms with E-state index in [1.165, 1.54) is 30.3 Å². The quantitative estimate of drug-likeness (QED) is 0.558. The Kier molecular flexibility index (Phi) is 3.92. The highest BCUT2D eigenvalue weighted by molar-refractivity contribution is 5.81. The van der Waals surface area contributed by atoms with E-state index in [-0.39, 0.29) is 11.6 Å². The van der Waals surface area contributed by atoms with Gasteiger partial charge in [-0.1, -0.05) is 6.92 Å². The van der Waals surface area contributed by atoms with Crippen LogP contribution in [0.1, 0.15) is 13.3 Å². The van der Waals surface area contributed by atoms with E-state index in [4.69, 9.17) is 4.42 Å². The second kappa shape index (κ2) is 6.04. The van der Waals surface area contributed by atoms with Gasteiger partial charge in [-0.25, -0.2) is 9.37 Å². The molecule has 0 atom stereocenters. The minimum Gasteiger partial charge on any atom is -0.436 e. The Morgan fingerprint density at radius 2 is 2.13 bits per heavy atom. The molecule has 0 unspecified atom stereocenters. The zero-order chi connectivity index (χ0) is 16.4. The number of anilines is 1. The molecular weight excluding hydrogens is 301 g/mol. The van der Waals surface area contributed by atoms with E-state index in [0.29, 0.717) is 28.9 Å². The van der Waals surface area contributed by atoms with Crippen LogP contribution in [0.25, 0.3) is 22.6 Å². The van der Waals surface area contributed by atoms with Gasteiger partial charge in [0.15, 0.2) is 5.58 Å². The number of benzene rings is 2. The minimum atomic E-state index is -0.477. The SMILES string of the molecule is CCCNc1ccc([N+](=O)[O-])cc1-c1nc2cc(F)ccc2o1. The van der Waals surface area contributed by atoms with E-state index in [0.717, 1.165) is 6.42 Å². The molecular formula is C16H14FN3O3. The zero-order valence-corrected chi connectivity index (χ0v) is 12.4. The number of oxazole rings is 1. The van der Waals surface area contributed by atoms with E-state index in [9.17, 15) is 14.5 Å². The molecule has 2 aromatic carbocycles. The molecule has 0 aliphatic heterocycles. The van der Waals surface area contributed by atoms with Crippen LogP contribution in [-0.4, -0.2) is 16.5 Å². The Morgan fingerprint density at radius 1 is 1.30 bits per heavy atom. The van der Waals surface area contributed by atoms with Crippen LogP contribution in [0, 0.1) is 15.9 Å². The van der Waals surface area contributed by atoms with Crippen molar-refractivity contribution in [1.82, 2.24) is 4.98 Å². The average molecular weight is 315 g/mol. The summed E-state index contributed by atoms with van der Waals surface area (Å²) in [6.45, 7) is 2.72. The van der Waals surface area contributed by atoms with Gasteiger partial charge in [0.25, 0.3) is 5.69 Å². The van der Waals surface area contributed by atoms with Gasteiger partial charge in [-0.3, -0.25) is 10.1 Å². The van der Waals surface area contributed by atoms with Crippen molar-refractivity contribution in [2.45, 2.75) is 13.3 Å². The minimum absolute atomic E-state index is 0.0597. The van der Waals surface area contributed by atoms with Gasteiger partial charge in [-0.05, 0) is 24.6 Å². The monoisotopic (exact) mass is 315 g/mol. The van der Waals surface area contributed by atoms with Gasteiger partial charge in [0.05, 0.1) is 10.5 Å². The van der Waals surface area contributed by atoms with Crippen LogP contribution in [0.5, 0.6) is 0 Å². The Balaban J connectivity index is 2.13. The molecule has 0 aliphatic carbocycles. The lowest BCUT2D eigenvalue weighted by Crippen LogP contribution is -2.02. The summed E-state index contributed by atoms with van der Waals surface area (Å²) in [6.07, 6.45) is 0.898. The van der Waals surface area contributed by atoms with Gasteiger partial charge in [0, 0.05) is 30.4 Å². The largest absolute Gasteiger partial charge is 0.436 e. The Labute approximate surface area is 131 Å². The summed E-state index contributed by atoms with van der Waals surface area (Å²) in [5, 5.41) is 14.2. The van der Waals surface area contributed by atoms with Crippen LogP contribution >= 0.6 is 0 Å². The number of nitro benzene ring substituents is 1. The topological polar surface area (TPSA) is 81.2 Å².